The fourth-order valence-electron chi connectivity index (χ4n) is 1.70. The average Bonchev–Trinajstić information content (AvgIpc) is 2.77. The van der Waals surface area contributed by atoms with E-state index in [-0.39, 0.29) is 5.91 Å². The fraction of sp³-hybridized carbons (Fsp3) is 0.308. The van der Waals surface area contributed by atoms with Crippen LogP contribution < -0.4 is 10.6 Å². The van der Waals surface area contributed by atoms with Gasteiger partial charge in [0.2, 0.25) is 11.8 Å². The van der Waals surface area contributed by atoms with Gasteiger partial charge in [0.1, 0.15) is 0 Å². The summed E-state index contributed by atoms with van der Waals surface area (Å²) in [5, 5.41) is 9.71. The molecule has 0 radical (unpaired) electrons. The SMILES string of the molecule is CC(=O)Nc1ccccc1CNCc1nc(C)no1. The van der Waals surface area contributed by atoms with Crippen molar-refractivity contribution in [2.45, 2.75) is 26.9 Å². The Bertz CT molecular complexity index is 565. The van der Waals surface area contributed by atoms with Crippen LogP contribution in [0.15, 0.2) is 28.8 Å². The molecule has 6 nitrogen and oxygen atoms in total. The molecule has 1 aromatic heterocycles. The largest absolute Gasteiger partial charge is 0.338 e. The van der Waals surface area contributed by atoms with E-state index in [4.69, 9.17) is 4.52 Å². The minimum absolute atomic E-state index is 0.0834. The molecule has 0 unspecified atom stereocenters. The number of para-hydroxylation sites is 1. The second-order valence-electron chi connectivity index (χ2n) is 4.18. The molecule has 0 spiro atoms. The van der Waals surface area contributed by atoms with E-state index < -0.39 is 0 Å². The molecule has 0 aliphatic heterocycles. The molecule has 0 saturated carbocycles. The van der Waals surface area contributed by atoms with Crippen molar-refractivity contribution < 1.29 is 9.32 Å². The summed E-state index contributed by atoms with van der Waals surface area (Å²) in [6, 6.07) is 7.64. The molecule has 0 saturated heterocycles. The number of carbonyl (C=O) groups excluding carboxylic acids is 1. The van der Waals surface area contributed by atoms with Crippen LogP contribution in [0.1, 0.15) is 24.2 Å². The van der Waals surface area contributed by atoms with Crippen molar-refractivity contribution in [3.8, 4) is 0 Å². The molecule has 1 aromatic carbocycles. The number of hydrogen-bond donors (Lipinski definition) is 2. The summed E-state index contributed by atoms with van der Waals surface area (Å²) in [6.45, 7) is 4.37. The highest BCUT2D eigenvalue weighted by Gasteiger charge is 2.05. The van der Waals surface area contributed by atoms with Crippen LogP contribution in [0.5, 0.6) is 0 Å². The molecular formula is C13H16N4O2. The maximum absolute atomic E-state index is 11.1. The number of aromatic nitrogens is 2. The van der Waals surface area contributed by atoms with E-state index in [0.717, 1.165) is 11.3 Å². The molecule has 0 fully saturated rings. The van der Waals surface area contributed by atoms with Gasteiger partial charge in [-0.15, -0.1) is 0 Å². The quantitative estimate of drug-likeness (QED) is 0.854. The second-order valence-corrected chi connectivity index (χ2v) is 4.18. The van der Waals surface area contributed by atoms with Crippen LogP contribution in [-0.2, 0) is 17.9 Å². The van der Waals surface area contributed by atoms with Crippen LogP contribution in [0.2, 0.25) is 0 Å². The van der Waals surface area contributed by atoms with Gasteiger partial charge >= 0.3 is 0 Å². The normalized spacial score (nSPS) is 10.4. The summed E-state index contributed by atoms with van der Waals surface area (Å²) in [5.74, 6) is 1.09. The van der Waals surface area contributed by atoms with Gasteiger partial charge in [-0.25, -0.2) is 0 Å². The highest BCUT2D eigenvalue weighted by molar-refractivity contribution is 5.89. The van der Waals surface area contributed by atoms with Crippen molar-refractivity contribution in [1.29, 1.82) is 0 Å². The molecular weight excluding hydrogens is 244 g/mol. The fourth-order valence-corrected chi connectivity index (χ4v) is 1.70. The van der Waals surface area contributed by atoms with E-state index in [1.54, 1.807) is 6.92 Å². The lowest BCUT2D eigenvalue weighted by Crippen LogP contribution is -2.15. The van der Waals surface area contributed by atoms with E-state index in [0.29, 0.717) is 24.8 Å². The summed E-state index contributed by atoms with van der Waals surface area (Å²) >= 11 is 0. The number of hydrogen-bond acceptors (Lipinski definition) is 5. The minimum atomic E-state index is -0.0834. The number of benzene rings is 1. The predicted molar refractivity (Wildman–Crippen MR) is 70.3 cm³/mol. The third kappa shape index (κ3) is 3.89. The molecule has 0 bridgehead atoms. The van der Waals surface area contributed by atoms with Crippen molar-refractivity contribution in [3.05, 3.63) is 41.5 Å². The molecule has 100 valence electrons. The number of nitrogens with one attached hydrogen (secondary N) is 2. The van der Waals surface area contributed by atoms with Gasteiger partial charge in [0.25, 0.3) is 0 Å². The van der Waals surface area contributed by atoms with Gasteiger partial charge < -0.3 is 15.2 Å². The van der Waals surface area contributed by atoms with Gasteiger partial charge in [0.15, 0.2) is 5.82 Å². The van der Waals surface area contributed by atoms with Crippen LogP contribution in [0.3, 0.4) is 0 Å². The monoisotopic (exact) mass is 260 g/mol. The number of carbonyl (C=O) groups is 1. The van der Waals surface area contributed by atoms with Gasteiger partial charge in [-0.05, 0) is 18.6 Å². The molecule has 2 rings (SSSR count). The highest BCUT2D eigenvalue weighted by atomic mass is 16.5. The Hall–Kier alpha value is -2.21. The standard InChI is InChI=1S/C13H16N4O2/c1-9-15-13(19-17-9)8-14-7-11-5-3-4-6-12(11)16-10(2)18/h3-6,14H,7-8H2,1-2H3,(H,16,18). The Balaban J connectivity index is 1.93. The molecule has 19 heavy (non-hydrogen) atoms. The Morgan fingerprint density at radius 3 is 2.79 bits per heavy atom. The number of rotatable bonds is 5. The zero-order valence-corrected chi connectivity index (χ0v) is 10.9. The lowest BCUT2D eigenvalue weighted by Gasteiger charge is -2.09. The summed E-state index contributed by atoms with van der Waals surface area (Å²) in [5.41, 5.74) is 1.82. The van der Waals surface area contributed by atoms with Crippen LogP contribution in [-0.4, -0.2) is 16.0 Å². The van der Waals surface area contributed by atoms with Gasteiger partial charge in [0.05, 0.1) is 6.54 Å². The summed E-state index contributed by atoms with van der Waals surface area (Å²) in [4.78, 5) is 15.2. The highest BCUT2D eigenvalue weighted by Crippen LogP contribution is 2.14. The average molecular weight is 260 g/mol. The van der Waals surface area contributed by atoms with E-state index >= 15 is 0 Å². The Morgan fingerprint density at radius 1 is 1.32 bits per heavy atom. The van der Waals surface area contributed by atoms with Crippen molar-refractivity contribution >= 4 is 11.6 Å². The maximum atomic E-state index is 11.1. The Labute approximate surface area is 111 Å². The number of amides is 1. The first-order chi connectivity index (χ1) is 9.15. The second kappa shape index (κ2) is 6.10. The number of nitrogens with zero attached hydrogens (tertiary/aromatic N) is 2. The third-order valence-electron chi connectivity index (χ3n) is 2.49. The minimum Gasteiger partial charge on any atom is -0.338 e. The lowest BCUT2D eigenvalue weighted by atomic mass is 10.1. The van der Waals surface area contributed by atoms with E-state index in [1.165, 1.54) is 6.92 Å². The van der Waals surface area contributed by atoms with Crippen LogP contribution >= 0.6 is 0 Å². The van der Waals surface area contributed by atoms with Crippen molar-refractivity contribution in [3.63, 3.8) is 0 Å². The van der Waals surface area contributed by atoms with Crippen molar-refractivity contribution in [1.82, 2.24) is 15.5 Å². The van der Waals surface area contributed by atoms with E-state index in [2.05, 4.69) is 20.8 Å². The zero-order valence-electron chi connectivity index (χ0n) is 10.9. The molecule has 2 N–H and O–H groups in total. The maximum Gasteiger partial charge on any atom is 0.240 e. The Morgan fingerprint density at radius 2 is 2.11 bits per heavy atom. The molecule has 6 heteroatoms. The van der Waals surface area contributed by atoms with Crippen molar-refractivity contribution in [2.24, 2.45) is 0 Å². The first-order valence-corrected chi connectivity index (χ1v) is 6.00. The van der Waals surface area contributed by atoms with Gasteiger partial charge in [-0.3, -0.25) is 4.79 Å². The first-order valence-electron chi connectivity index (χ1n) is 6.00. The molecule has 2 aromatic rings. The lowest BCUT2D eigenvalue weighted by molar-refractivity contribution is -0.114. The molecule has 0 atom stereocenters. The van der Waals surface area contributed by atoms with Crippen LogP contribution in [0, 0.1) is 6.92 Å². The smallest absolute Gasteiger partial charge is 0.240 e. The Kier molecular flexibility index (Phi) is 4.25. The number of anilines is 1. The predicted octanol–water partition coefficient (Wildman–Crippen LogP) is 1.63. The van der Waals surface area contributed by atoms with Crippen molar-refractivity contribution in [2.75, 3.05) is 5.32 Å². The first kappa shape index (κ1) is 13.2. The van der Waals surface area contributed by atoms with Crippen LogP contribution in [0.25, 0.3) is 0 Å². The molecule has 1 heterocycles. The van der Waals surface area contributed by atoms with E-state index in [9.17, 15) is 4.79 Å². The van der Waals surface area contributed by atoms with Crippen LogP contribution in [0.4, 0.5) is 5.69 Å². The molecule has 1 amide bonds. The molecule has 0 aliphatic rings. The third-order valence-corrected chi connectivity index (χ3v) is 2.49. The zero-order chi connectivity index (χ0) is 13.7. The summed E-state index contributed by atoms with van der Waals surface area (Å²) in [7, 11) is 0. The molecule has 0 aliphatic carbocycles. The topological polar surface area (TPSA) is 80.0 Å². The number of aryl methyl sites for hydroxylation is 1. The summed E-state index contributed by atoms with van der Waals surface area (Å²) in [6.07, 6.45) is 0. The summed E-state index contributed by atoms with van der Waals surface area (Å²) < 4.78 is 5.00. The van der Waals surface area contributed by atoms with Gasteiger partial charge in [-0.2, -0.15) is 4.98 Å². The van der Waals surface area contributed by atoms with Gasteiger partial charge in [-0.1, -0.05) is 23.4 Å². The van der Waals surface area contributed by atoms with Gasteiger partial charge in [0, 0.05) is 19.2 Å². The van der Waals surface area contributed by atoms with E-state index in [1.807, 2.05) is 24.3 Å².